The lowest BCUT2D eigenvalue weighted by Crippen LogP contribution is -2.31. The Morgan fingerprint density at radius 2 is 1.74 bits per heavy atom. The van der Waals surface area contributed by atoms with Gasteiger partial charge in [0.15, 0.2) is 16.0 Å². The van der Waals surface area contributed by atoms with Crippen LogP contribution in [0.25, 0.3) is 0 Å². The van der Waals surface area contributed by atoms with Gasteiger partial charge in [0, 0.05) is 11.4 Å². The first-order valence-electron chi connectivity index (χ1n) is 10.8. The number of Topliss-reactive ketones (excluding diaryl/α,β-unsaturated/α-hetero) is 1. The van der Waals surface area contributed by atoms with E-state index >= 15 is 0 Å². The zero-order chi connectivity index (χ0) is 25.4. The summed E-state index contributed by atoms with van der Waals surface area (Å²) in [5.74, 6) is -0.186. The predicted molar refractivity (Wildman–Crippen MR) is 144 cm³/mol. The summed E-state index contributed by atoms with van der Waals surface area (Å²) in [5, 5.41) is 10.3. The maximum atomic E-state index is 13.1. The molecule has 1 aromatic heterocycles. The molecule has 2 aromatic carbocycles. The van der Waals surface area contributed by atoms with E-state index in [4.69, 9.17) is 22.7 Å². The zero-order valence-corrected chi connectivity index (χ0v) is 21.2. The van der Waals surface area contributed by atoms with Crippen LogP contribution in [0.2, 0.25) is 0 Å². The molecule has 0 saturated carbocycles. The first kappa shape index (κ1) is 25.8. The van der Waals surface area contributed by atoms with Crippen molar-refractivity contribution in [1.29, 1.82) is 0 Å². The molecule has 0 radical (unpaired) electrons. The maximum Gasteiger partial charge on any atom is 0.272 e. The van der Waals surface area contributed by atoms with E-state index in [-0.39, 0.29) is 23.0 Å². The van der Waals surface area contributed by atoms with Crippen molar-refractivity contribution in [3.05, 3.63) is 64.7 Å². The van der Waals surface area contributed by atoms with E-state index in [1.165, 1.54) is 11.3 Å². The number of thiocarbonyl (C=S) groups is 1. The van der Waals surface area contributed by atoms with Gasteiger partial charge in [-0.05, 0) is 69.4 Å². The Morgan fingerprint density at radius 1 is 1.09 bits per heavy atom. The third kappa shape index (κ3) is 7.59. The number of anilines is 3. The minimum atomic E-state index is -0.563. The minimum absolute atomic E-state index is 0.0717. The number of rotatable bonds is 10. The first-order chi connectivity index (χ1) is 16.7. The van der Waals surface area contributed by atoms with Gasteiger partial charge in [-0.15, -0.1) is 0 Å². The molecule has 9 nitrogen and oxygen atoms in total. The average Bonchev–Trinajstić information content (AvgIpc) is 3.19. The van der Waals surface area contributed by atoms with Crippen LogP contribution in [-0.2, 0) is 4.79 Å². The number of aryl methyl sites for hydroxylation is 2. The van der Waals surface area contributed by atoms with Crippen LogP contribution >= 0.6 is 23.6 Å². The fourth-order valence-electron chi connectivity index (χ4n) is 3.00. The first-order valence-corrected chi connectivity index (χ1v) is 12.0. The van der Waals surface area contributed by atoms with E-state index in [9.17, 15) is 9.59 Å². The van der Waals surface area contributed by atoms with Gasteiger partial charge in [-0.3, -0.25) is 15.0 Å². The highest BCUT2D eigenvalue weighted by atomic mass is 32.1. The molecule has 0 spiro atoms. The van der Waals surface area contributed by atoms with Crippen LogP contribution in [-0.4, -0.2) is 34.1 Å². The molecule has 0 bridgehead atoms. The second kappa shape index (κ2) is 12.0. The molecule has 1 amide bonds. The van der Waals surface area contributed by atoms with Gasteiger partial charge in [-0.25, -0.2) is 4.98 Å². The summed E-state index contributed by atoms with van der Waals surface area (Å²) < 4.78 is 5.41. The van der Waals surface area contributed by atoms with Gasteiger partial charge in [0.25, 0.3) is 5.91 Å². The van der Waals surface area contributed by atoms with Crippen LogP contribution in [0, 0.1) is 13.8 Å². The van der Waals surface area contributed by atoms with E-state index in [1.807, 2.05) is 38.1 Å². The number of nitrogens with one attached hydrogen (secondary N) is 3. The molecule has 1 heterocycles. The summed E-state index contributed by atoms with van der Waals surface area (Å²) in [7, 11) is 0. The predicted octanol–water partition coefficient (Wildman–Crippen LogP) is 4.30. The molecule has 0 aliphatic heterocycles. The van der Waals surface area contributed by atoms with Gasteiger partial charge in [0.2, 0.25) is 0 Å². The normalized spacial score (nSPS) is 11.0. The minimum Gasteiger partial charge on any atom is -0.494 e. The van der Waals surface area contributed by atoms with Gasteiger partial charge in [0.1, 0.15) is 11.5 Å². The van der Waals surface area contributed by atoms with Crippen molar-refractivity contribution < 1.29 is 14.3 Å². The van der Waals surface area contributed by atoms with E-state index in [0.717, 1.165) is 11.3 Å². The van der Waals surface area contributed by atoms with Crippen LogP contribution in [0.5, 0.6) is 5.75 Å². The summed E-state index contributed by atoms with van der Waals surface area (Å²) >= 11 is 6.00. The number of carbonyl (C=O) groups is 2. The van der Waals surface area contributed by atoms with E-state index in [2.05, 4.69) is 26.1 Å². The fraction of sp³-hybridized carbons (Fsp3) is 0.208. The van der Waals surface area contributed by atoms with Gasteiger partial charge >= 0.3 is 0 Å². The molecular weight excluding hydrogens is 484 g/mol. The number of hydrazone groups is 1. The SMILES string of the molecule is CCOc1ccc(NC(=O)C(CC(=O)c2sc(Nc3ccc(C)cc3)nc2C)=NNC(N)=S)cc1. The Morgan fingerprint density at radius 3 is 2.37 bits per heavy atom. The number of ether oxygens (including phenoxy) is 1. The Hall–Kier alpha value is -3.83. The summed E-state index contributed by atoms with van der Waals surface area (Å²) in [6, 6.07) is 14.7. The molecule has 0 saturated heterocycles. The van der Waals surface area contributed by atoms with Crippen molar-refractivity contribution in [2.24, 2.45) is 10.8 Å². The molecule has 0 unspecified atom stereocenters. The smallest absolute Gasteiger partial charge is 0.272 e. The van der Waals surface area contributed by atoms with Crippen LogP contribution in [0.3, 0.4) is 0 Å². The quantitative estimate of drug-likeness (QED) is 0.137. The van der Waals surface area contributed by atoms with Crippen molar-refractivity contribution in [2.45, 2.75) is 27.2 Å². The second-order valence-corrected chi connectivity index (χ2v) is 8.91. The van der Waals surface area contributed by atoms with Gasteiger partial charge < -0.3 is 21.1 Å². The maximum absolute atomic E-state index is 13.1. The standard InChI is InChI=1S/C24H26N6O3S2/c1-4-33-18-11-9-16(10-12-18)27-22(32)19(29-30-23(25)34)13-20(31)21-15(3)26-24(35-21)28-17-7-5-14(2)6-8-17/h5-12H,4,13H2,1-3H3,(H,26,28)(H,27,32)(H3,25,30,34). The largest absolute Gasteiger partial charge is 0.494 e. The Balaban J connectivity index is 1.73. The highest BCUT2D eigenvalue weighted by molar-refractivity contribution is 7.80. The highest BCUT2D eigenvalue weighted by Gasteiger charge is 2.22. The number of hydrogen-bond donors (Lipinski definition) is 4. The molecule has 0 fully saturated rings. The summed E-state index contributed by atoms with van der Waals surface area (Å²) in [6.45, 7) is 6.17. The molecule has 0 aliphatic rings. The third-order valence-corrected chi connectivity index (χ3v) is 5.87. The van der Waals surface area contributed by atoms with Gasteiger partial charge in [-0.1, -0.05) is 29.0 Å². The summed E-state index contributed by atoms with van der Waals surface area (Å²) in [5.41, 5.74) is 10.9. The van der Waals surface area contributed by atoms with E-state index in [1.54, 1.807) is 31.2 Å². The van der Waals surface area contributed by atoms with Gasteiger partial charge in [0.05, 0.1) is 23.6 Å². The Kier molecular flexibility index (Phi) is 8.87. The van der Waals surface area contributed by atoms with Gasteiger partial charge in [-0.2, -0.15) is 5.10 Å². The molecule has 5 N–H and O–H groups in total. The number of carbonyl (C=O) groups excluding carboxylic acids is 2. The molecule has 11 heteroatoms. The van der Waals surface area contributed by atoms with Crippen molar-refractivity contribution in [3.8, 4) is 5.75 Å². The number of nitrogens with zero attached hydrogens (tertiary/aromatic N) is 2. The number of benzene rings is 2. The third-order valence-electron chi connectivity index (χ3n) is 4.67. The second-order valence-electron chi connectivity index (χ2n) is 7.47. The number of ketones is 1. The van der Waals surface area contributed by atoms with Crippen molar-refractivity contribution in [3.63, 3.8) is 0 Å². The molecule has 182 valence electrons. The molecule has 3 aromatic rings. The number of amides is 1. The van der Waals surface area contributed by atoms with Crippen molar-refractivity contribution >= 4 is 62.6 Å². The number of hydrogen-bond acceptors (Lipinski definition) is 8. The fourth-order valence-corrected chi connectivity index (χ4v) is 3.97. The number of nitrogens with two attached hydrogens (primary N) is 1. The lowest BCUT2D eigenvalue weighted by Gasteiger charge is -2.09. The monoisotopic (exact) mass is 510 g/mol. The topological polar surface area (TPSA) is 131 Å². The lowest BCUT2D eigenvalue weighted by atomic mass is 10.1. The average molecular weight is 511 g/mol. The highest BCUT2D eigenvalue weighted by Crippen LogP contribution is 2.27. The van der Waals surface area contributed by atoms with Crippen LogP contribution in [0.4, 0.5) is 16.5 Å². The van der Waals surface area contributed by atoms with Crippen LogP contribution in [0.1, 0.15) is 34.3 Å². The molecular formula is C24H26N6O3S2. The van der Waals surface area contributed by atoms with Crippen LogP contribution < -0.4 is 26.5 Å². The molecule has 0 atom stereocenters. The zero-order valence-electron chi connectivity index (χ0n) is 19.5. The Bertz CT molecular complexity index is 1240. The number of thiazole rings is 1. The van der Waals surface area contributed by atoms with E-state index < -0.39 is 5.91 Å². The van der Waals surface area contributed by atoms with Crippen LogP contribution in [0.15, 0.2) is 53.6 Å². The molecule has 35 heavy (non-hydrogen) atoms. The van der Waals surface area contributed by atoms with E-state index in [0.29, 0.717) is 33.7 Å². The molecule has 0 aliphatic carbocycles. The lowest BCUT2D eigenvalue weighted by molar-refractivity contribution is -0.110. The van der Waals surface area contributed by atoms with Crippen molar-refractivity contribution in [1.82, 2.24) is 10.4 Å². The Labute approximate surface area is 212 Å². The van der Waals surface area contributed by atoms with Crippen molar-refractivity contribution in [2.75, 3.05) is 17.2 Å². The number of aromatic nitrogens is 1. The summed E-state index contributed by atoms with van der Waals surface area (Å²) in [6.07, 6.45) is -0.272. The summed E-state index contributed by atoms with van der Waals surface area (Å²) in [4.78, 5) is 30.8. The molecule has 3 rings (SSSR count).